The number of rotatable bonds is 2. The van der Waals surface area contributed by atoms with E-state index in [1.54, 1.807) is 0 Å². The lowest BCUT2D eigenvalue weighted by molar-refractivity contribution is 0.488. The van der Waals surface area contributed by atoms with E-state index < -0.39 is 0 Å². The lowest BCUT2D eigenvalue weighted by Gasteiger charge is -2.09. The van der Waals surface area contributed by atoms with Gasteiger partial charge in [0.2, 0.25) is 0 Å². The van der Waals surface area contributed by atoms with Crippen molar-refractivity contribution in [2.45, 2.75) is 0 Å². The Morgan fingerprint density at radius 1 is 0.722 bits per heavy atom. The molecule has 0 saturated heterocycles. The molecular formula is C17H12O. The van der Waals surface area contributed by atoms with Gasteiger partial charge in [0.15, 0.2) is 0 Å². The van der Waals surface area contributed by atoms with Crippen LogP contribution in [-0.4, -0.2) is 0 Å². The standard InChI is InChI=1S/C17H12O/c1-13-9-11-15(12-10-13)18-17-8-4-6-14-5-2-3-7-16(14)17/h1-12H. The van der Waals surface area contributed by atoms with Crippen LogP contribution in [0.25, 0.3) is 10.8 Å². The first-order valence-corrected chi connectivity index (χ1v) is 5.84. The van der Waals surface area contributed by atoms with Crippen molar-refractivity contribution in [1.82, 2.24) is 0 Å². The Morgan fingerprint density at radius 2 is 1.44 bits per heavy atom. The molecule has 3 aromatic carbocycles. The second kappa shape index (κ2) is 4.53. The molecule has 1 heteroatoms. The van der Waals surface area contributed by atoms with Crippen molar-refractivity contribution in [2.24, 2.45) is 0 Å². The summed E-state index contributed by atoms with van der Waals surface area (Å²) in [5.41, 5.74) is 0.736. The van der Waals surface area contributed by atoms with Crippen molar-refractivity contribution in [1.29, 1.82) is 0 Å². The first-order chi connectivity index (χ1) is 8.83. The summed E-state index contributed by atoms with van der Waals surface area (Å²) in [7, 11) is 0. The maximum Gasteiger partial charge on any atom is 0.135 e. The third-order valence-electron chi connectivity index (χ3n) is 2.86. The molecule has 86 valence electrons. The fraction of sp³-hybridized carbons (Fsp3) is 0. The minimum Gasteiger partial charge on any atom is -0.457 e. The highest BCUT2D eigenvalue weighted by atomic mass is 16.5. The molecule has 0 N–H and O–H groups in total. The molecule has 0 heterocycles. The summed E-state index contributed by atoms with van der Waals surface area (Å²) in [5, 5.41) is 2.28. The topological polar surface area (TPSA) is 9.23 Å². The van der Waals surface area contributed by atoms with Gasteiger partial charge in [0.05, 0.1) is 0 Å². The summed E-state index contributed by atoms with van der Waals surface area (Å²) in [4.78, 5) is 0. The molecule has 0 aliphatic rings. The van der Waals surface area contributed by atoms with Gasteiger partial charge in [-0.3, -0.25) is 0 Å². The SMILES string of the molecule is [CH]c1ccc(Oc2cccc3ccccc23)cc1. The van der Waals surface area contributed by atoms with Crippen molar-refractivity contribution < 1.29 is 4.74 Å². The van der Waals surface area contributed by atoms with Gasteiger partial charge in [0.25, 0.3) is 0 Å². The van der Waals surface area contributed by atoms with E-state index in [4.69, 9.17) is 11.7 Å². The Bertz CT molecular complexity index is 663. The van der Waals surface area contributed by atoms with E-state index in [0.717, 1.165) is 22.4 Å². The summed E-state index contributed by atoms with van der Waals surface area (Å²) in [5.74, 6) is 1.65. The fourth-order valence-corrected chi connectivity index (χ4v) is 1.95. The molecule has 0 aliphatic heterocycles. The van der Waals surface area contributed by atoms with Crippen LogP contribution in [0.2, 0.25) is 0 Å². The van der Waals surface area contributed by atoms with E-state index >= 15 is 0 Å². The Hall–Kier alpha value is -2.28. The summed E-state index contributed by atoms with van der Waals surface area (Å²) in [6, 6.07) is 21.6. The quantitative estimate of drug-likeness (QED) is 0.622. The van der Waals surface area contributed by atoms with Crippen LogP contribution in [-0.2, 0) is 0 Å². The van der Waals surface area contributed by atoms with Crippen molar-refractivity contribution in [2.75, 3.05) is 0 Å². The zero-order chi connectivity index (χ0) is 12.4. The van der Waals surface area contributed by atoms with Gasteiger partial charge < -0.3 is 4.74 Å². The number of fused-ring (bicyclic) bond motifs is 1. The first kappa shape index (κ1) is 10.8. The molecule has 0 spiro atoms. The van der Waals surface area contributed by atoms with E-state index in [2.05, 4.69) is 18.2 Å². The molecule has 0 amide bonds. The number of hydrogen-bond donors (Lipinski definition) is 0. The first-order valence-electron chi connectivity index (χ1n) is 5.84. The normalized spacial score (nSPS) is 10.5. The van der Waals surface area contributed by atoms with Crippen molar-refractivity contribution in [3.63, 3.8) is 0 Å². The summed E-state index contributed by atoms with van der Waals surface area (Å²) in [6.07, 6.45) is 0. The molecule has 3 rings (SSSR count). The molecule has 0 aromatic heterocycles. The third-order valence-corrected chi connectivity index (χ3v) is 2.86. The Kier molecular flexibility index (Phi) is 2.73. The molecule has 0 fully saturated rings. The highest BCUT2D eigenvalue weighted by Crippen LogP contribution is 2.29. The van der Waals surface area contributed by atoms with E-state index in [9.17, 15) is 0 Å². The monoisotopic (exact) mass is 232 g/mol. The average Bonchev–Trinajstić information content (AvgIpc) is 2.42. The van der Waals surface area contributed by atoms with Gasteiger partial charge in [-0.05, 0) is 36.1 Å². The molecular weight excluding hydrogens is 220 g/mol. The molecule has 3 aromatic rings. The molecule has 1 nitrogen and oxygen atoms in total. The maximum absolute atomic E-state index is 5.89. The minimum absolute atomic E-state index is 0.736. The molecule has 0 atom stereocenters. The van der Waals surface area contributed by atoms with E-state index in [0.29, 0.717) is 0 Å². The molecule has 0 aliphatic carbocycles. The smallest absolute Gasteiger partial charge is 0.135 e. The fourth-order valence-electron chi connectivity index (χ4n) is 1.95. The average molecular weight is 232 g/mol. The zero-order valence-electron chi connectivity index (χ0n) is 9.84. The van der Waals surface area contributed by atoms with Crippen LogP contribution in [0, 0.1) is 6.92 Å². The summed E-state index contributed by atoms with van der Waals surface area (Å²) < 4.78 is 5.89. The second-order valence-electron chi connectivity index (χ2n) is 4.15. The van der Waals surface area contributed by atoms with E-state index in [1.165, 1.54) is 5.39 Å². The van der Waals surface area contributed by atoms with Gasteiger partial charge in [-0.25, -0.2) is 0 Å². The maximum atomic E-state index is 5.89. The van der Waals surface area contributed by atoms with Gasteiger partial charge in [-0.1, -0.05) is 48.5 Å². The lowest BCUT2D eigenvalue weighted by Crippen LogP contribution is -1.85. The second-order valence-corrected chi connectivity index (χ2v) is 4.15. The summed E-state index contributed by atoms with van der Waals surface area (Å²) in [6.45, 7) is 5.66. The molecule has 0 bridgehead atoms. The number of ether oxygens (including phenoxy) is 1. The Labute approximate surface area is 107 Å². The highest BCUT2D eigenvalue weighted by Gasteiger charge is 2.02. The van der Waals surface area contributed by atoms with Gasteiger partial charge in [0, 0.05) is 5.39 Å². The van der Waals surface area contributed by atoms with Gasteiger partial charge >= 0.3 is 0 Å². The van der Waals surface area contributed by atoms with Crippen LogP contribution in [0.5, 0.6) is 11.5 Å². The van der Waals surface area contributed by atoms with Crippen LogP contribution in [0.15, 0.2) is 66.7 Å². The van der Waals surface area contributed by atoms with Crippen LogP contribution < -0.4 is 4.74 Å². The van der Waals surface area contributed by atoms with Crippen LogP contribution in [0.4, 0.5) is 0 Å². The highest BCUT2D eigenvalue weighted by molar-refractivity contribution is 5.88. The van der Waals surface area contributed by atoms with E-state index in [-0.39, 0.29) is 0 Å². The number of hydrogen-bond acceptors (Lipinski definition) is 1. The van der Waals surface area contributed by atoms with Gasteiger partial charge in [0.1, 0.15) is 11.5 Å². The third kappa shape index (κ3) is 2.07. The molecule has 0 unspecified atom stereocenters. The van der Waals surface area contributed by atoms with Gasteiger partial charge in [-0.15, -0.1) is 0 Å². The molecule has 2 radical (unpaired) electrons. The summed E-state index contributed by atoms with van der Waals surface area (Å²) >= 11 is 0. The Morgan fingerprint density at radius 3 is 2.28 bits per heavy atom. The van der Waals surface area contributed by atoms with Crippen molar-refractivity contribution in [3.8, 4) is 11.5 Å². The Balaban J connectivity index is 2.02. The van der Waals surface area contributed by atoms with Crippen LogP contribution in [0.3, 0.4) is 0 Å². The van der Waals surface area contributed by atoms with Crippen molar-refractivity contribution >= 4 is 10.8 Å². The largest absolute Gasteiger partial charge is 0.457 e. The van der Waals surface area contributed by atoms with Crippen molar-refractivity contribution in [3.05, 3.63) is 79.2 Å². The van der Waals surface area contributed by atoms with Crippen LogP contribution in [0.1, 0.15) is 5.56 Å². The van der Waals surface area contributed by atoms with Gasteiger partial charge in [-0.2, -0.15) is 0 Å². The predicted molar refractivity (Wildman–Crippen MR) is 73.9 cm³/mol. The zero-order valence-corrected chi connectivity index (χ0v) is 9.84. The lowest BCUT2D eigenvalue weighted by atomic mass is 10.1. The van der Waals surface area contributed by atoms with Crippen LogP contribution >= 0.6 is 0 Å². The minimum atomic E-state index is 0.736. The van der Waals surface area contributed by atoms with E-state index in [1.807, 2.05) is 48.5 Å². The number of benzene rings is 3. The predicted octanol–water partition coefficient (Wildman–Crippen LogP) is 4.69. The molecule has 18 heavy (non-hydrogen) atoms. The molecule has 0 saturated carbocycles.